The maximum Gasteiger partial charge on any atom is 0.228 e. The van der Waals surface area contributed by atoms with Gasteiger partial charge in [0.1, 0.15) is 0 Å². The molecule has 1 aliphatic rings. The summed E-state index contributed by atoms with van der Waals surface area (Å²) < 4.78 is 0. The fraction of sp³-hybridized carbons (Fsp3) is 0.588. The molecule has 0 saturated carbocycles. The molecule has 1 aliphatic heterocycles. The molecule has 20 heavy (non-hydrogen) atoms. The normalized spacial score (nSPS) is 23.9. The first-order valence-corrected chi connectivity index (χ1v) is 7.54. The van der Waals surface area contributed by atoms with Gasteiger partial charge in [0.15, 0.2) is 0 Å². The van der Waals surface area contributed by atoms with E-state index in [9.17, 15) is 4.79 Å². The van der Waals surface area contributed by atoms with E-state index in [2.05, 4.69) is 56.5 Å². The van der Waals surface area contributed by atoms with Gasteiger partial charge >= 0.3 is 0 Å². The second-order valence-electron chi connectivity index (χ2n) is 6.35. The van der Waals surface area contributed by atoms with Gasteiger partial charge in [-0.2, -0.15) is 0 Å². The third kappa shape index (κ3) is 2.88. The number of benzene rings is 1. The van der Waals surface area contributed by atoms with Gasteiger partial charge < -0.3 is 10.6 Å². The molecular weight excluding hydrogens is 248 g/mol. The van der Waals surface area contributed by atoms with E-state index in [1.165, 1.54) is 11.1 Å². The lowest BCUT2D eigenvalue weighted by atomic mass is 9.75. The summed E-state index contributed by atoms with van der Waals surface area (Å²) in [6.45, 7) is 10.1. The summed E-state index contributed by atoms with van der Waals surface area (Å²) in [4.78, 5) is 12.7. The van der Waals surface area contributed by atoms with E-state index in [0.717, 1.165) is 19.5 Å². The summed E-state index contributed by atoms with van der Waals surface area (Å²) in [7, 11) is 0. The highest BCUT2D eigenvalue weighted by atomic mass is 16.2. The van der Waals surface area contributed by atoms with Crippen LogP contribution in [0.4, 0.5) is 0 Å². The van der Waals surface area contributed by atoms with Crippen LogP contribution in [0.1, 0.15) is 44.4 Å². The van der Waals surface area contributed by atoms with Gasteiger partial charge in [0.05, 0.1) is 11.5 Å². The van der Waals surface area contributed by atoms with Crippen molar-refractivity contribution in [2.45, 2.75) is 40.2 Å². The summed E-state index contributed by atoms with van der Waals surface area (Å²) in [6, 6.07) is 8.39. The molecule has 0 spiro atoms. The number of rotatable bonds is 4. The molecule has 0 aliphatic carbocycles. The number of carbonyl (C=O) groups excluding carboxylic acids is 1. The second-order valence-corrected chi connectivity index (χ2v) is 6.35. The predicted octanol–water partition coefficient (Wildman–Crippen LogP) is 2.81. The van der Waals surface area contributed by atoms with Crippen LogP contribution in [0.15, 0.2) is 24.3 Å². The van der Waals surface area contributed by atoms with Gasteiger partial charge in [0.25, 0.3) is 0 Å². The molecule has 1 aromatic carbocycles. The van der Waals surface area contributed by atoms with E-state index >= 15 is 0 Å². The Balaban J connectivity index is 2.10. The zero-order valence-electron chi connectivity index (χ0n) is 13.0. The molecule has 1 heterocycles. The predicted molar refractivity (Wildman–Crippen MR) is 82.5 cm³/mol. The summed E-state index contributed by atoms with van der Waals surface area (Å²) in [5.41, 5.74) is 2.14. The molecule has 2 rings (SSSR count). The average Bonchev–Trinajstić information content (AvgIpc) is 2.89. The molecular formula is C17H26N2O. The van der Waals surface area contributed by atoms with Crippen molar-refractivity contribution in [3.05, 3.63) is 35.4 Å². The molecule has 1 unspecified atom stereocenters. The van der Waals surface area contributed by atoms with Crippen LogP contribution in [0.2, 0.25) is 0 Å². The quantitative estimate of drug-likeness (QED) is 0.886. The monoisotopic (exact) mass is 274 g/mol. The van der Waals surface area contributed by atoms with Crippen LogP contribution in [0.3, 0.4) is 0 Å². The first-order chi connectivity index (χ1) is 9.45. The fourth-order valence-electron chi connectivity index (χ4n) is 3.02. The highest BCUT2D eigenvalue weighted by molar-refractivity contribution is 5.84. The Kier molecular flexibility index (Phi) is 4.48. The van der Waals surface area contributed by atoms with E-state index in [-0.39, 0.29) is 17.4 Å². The van der Waals surface area contributed by atoms with E-state index in [1.807, 2.05) is 6.07 Å². The van der Waals surface area contributed by atoms with Crippen molar-refractivity contribution >= 4 is 5.91 Å². The van der Waals surface area contributed by atoms with Crippen molar-refractivity contribution in [1.82, 2.24) is 10.6 Å². The van der Waals surface area contributed by atoms with Gasteiger partial charge in [-0.25, -0.2) is 0 Å². The molecule has 1 aromatic rings. The minimum Gasteiger partial charge on any atom is -0.349 e. The van der Waals surface area contributed by atoms with Crippen molar-refractivity contribution < 1.29 is 4.79 Å². The standard InChI is InChI=1S/C17H26N2O/c1-12(2)17(8-9-18-11-17)16(20)19-14(4)15-7-5-6-13(3)10-15/h5-7,10,12,14,18H,8-9,11H2,1-4H3,(H,19,20)/t14-,17?/m1/s1. The van der Waals surface area contributed by atoms with Gasteiger partial charge in [0, 0.05) is 6.54 Å². The lowest BCUT2D eigenvalue weighted by molar-refractivity contribution is -0.133. The van der Waals surface area contributed by atoms with E-state index < -0.39 is 0 Å². The molecule has 0 bridgehead atoms. The molecule has 2 N–H and O–H groups in total. The maximum absolute atomic E-state index is 12.7. The Morgan fingerprint density at radius 1 is 1.35 bits per heavy atom. The van der Waals surface area contributed by atoms with Crippen molar-refractivity contribution in [2.24, 2.45) is 11.3 Å². The smallest absolute Gasteiger partial charge is 0.228 e. The number of amides is 1. The van der Waals surface area contributed by atoms with Crippen LogP contribution < -0.4 is 10.6 Å². The molecule has 3 heteroatoms. The third-order valence-corrected chi connectivity index (χ3v) is 4.64. The zero-order valence-corrected chi connectivity index (χ0v) is 13.0. The largest absolute Gasteiger partial charge is 0.349 e. The van der Waals surface area contributed by atoms with Crippen LogP contribution in [0.25, 0.3) is 0 Å². The Labute approximate surface area is 122 Å². The lowest BCUT2D eigenvalue weighted by Gasteiger charge is -2.32. The topological polar surface area (TPSA) is 41.1 Å². The molecule has 2 atom stereocenters. The number of aryl methyl sites for hydroxylation is 1. The molecule has 110 valence electrons. The fourth-order valence-corrected chi connectivity index (χ4v) is 3.02. The van der Waals surface area contributed by atoms with Crippen LogP contribution in [0.5, 0.6) is 0 Å². The van der Waals surface area contributed by atoms with Crippen LogP contribution in [0, 0.1) is 18.3 Å². The Morgan fingerprint density at radius 2 is 2.10 bits per heavy atom. The highest BCUT2D eigenvalue weighted by Crippen LogP contribution is 2.35. The van der Waals surface area contributed by atoms with E-state index in [1.54, 1.807) is 0 Å². The van der Waals surface area contributed by atoms with E-state index in [4.69, 9.17) is 0 Å². The zero-order chi connectivity index (χ0) is 14.8. The Hall–Kier alpha value is -1.35. The summed E-state index contributed by atoms with van der Waals surface area (Å²) in [6.07, 6.45) is 0.928. The van der Waals surface area contributed by atoms with Gasteiger partial charge in [-0.3, -0.25) is 4.79 Å². The summed E-state index contributed by atoms with van der Waals surface area (Å²) in [5, 5.41) is 6.55. The Morgan fingerprint density at radius 3 is 2.65 bits per heavy atom. The number of hydrogen-bond donors (Lipinski definition) is 2. The van der Waals surface area contributed by atoms with Crippen molar-refractivity contribution in [3.63, 3.8) is 0 Å². The molecule has 1 amide bonds. The third-order valence-electron chi connectivity index (χ3n) is 4.64. The molecule has 0 aromatic heterocycles. The lowest BCUT2D eigenvalue weighted by Crippen LogP contribution is -2.46. The SMILES string of the molecule is Cc1cccc([C@@H](C)NC(=O)C2(C(C)C)CCNC2)c1. The highest BCUT2D eigenvalue weighted by Gasteiger charge is 2.44. The minimum absolute atomic E-state index is 0.0543. The molecule has 0 radical (unpaired) electrons. The maximum atomic E-state index is 12.7. The number of carbonyl (C=O) groups is 1. The summed E-state index contributed by atoms with van der Waals surface area (Å²) in [5.74, 6) is 0.536. The minimum atomic E-state index is -0.252. The van der Waals surface area contributed by atoms with Gasteiger partial charge in [-0.1, -0.05) is 43.7 Å². The van der Waals surface area contributed by atoms with Crippen LogP contribution in [-0.4, -0.2) is 19.0 Å². The summed E-state index contributed by atoms with van der Waals surface area (Å²) >= 11 is 0. The molecule has 1 saturated heterocycles. The van der Waals surface area contributed by atoms with Crippen molar-refractivity contribution in [2.75, 3.05) is 13.1 Å². The van der Waals surface area contributed by atoms with E-state index in [0.29, 0.717) is 5.92 Å². The number of nitrogens with one attached hydrogen (secondary N) is 2. The van der Waals surface area contributed by atoms with Crippen molar-refractivity contribution in [1.29, 1.82) is 0 Å². The van der Waals surface area contributed by atoms with Crippen LogP contribution in [-0.2, 0) is 4.79 Å². The second kappa shape index (κ2) is 5.96. The number of hydrogen-bond acceptors (Lipinski definition) is 2. The van der Waals surface area contributed by atoms with Gasteiger partial charge in [0.2, 0.25) is 5.91 Å². The van der Waals surface area contributed by atoms with Gasteiger partial charge in [-0.05, 0) is 38.3 Å². The first kappa shape index (κ1) is 15.0. The first-order valence-electron chi connectivity index (χ1n) is 7.54. The Bertz CT molecular complexity index is 476. The molecule has 3 nitrogen and oxygen atoms in total. The van der Waals surface area contributed by atoms with Crippen LogP contribution >= 0.6 is 0 Å². The average molecular weight is 274 g/mol. The molecule has 1 fully saturated rings. The van der Waals surface area contributed by atoms with Gasteiger partial charge in [-0.15, -0.1) is 0 Å². The van der Waals surface area contributed by atoms with Crippen molar-refractivity contribution in [3.8, 4) is 0 Å².